The van der Waals surface area contributed by atoms with Crippen LogP contribution in [0.4, 0.5) is 8.78 Å². The Balaban J connectivity index is 1.63. The van der Waals surface area contributed by atoms with Gasteiger partial charge in [0, 0.05) is 5.56 Å². The zero-order valence-corrected chi connectivity index (χ0v) is 16.3. The van der Waals surface area contributed by atoms with Crippen LogP contribution in [0.2, 0.25) is 0 Å². The third kappa shape index (κ3) is 4.44. The zero-order valence-electron chi connectivity index (χ0n) is 16.3. The molecule has 0 unspecified atom stereocenters. The SMILES string of the molecule is CCCC1CCC([C@@H]2CC[C@@H](c3ccc(OCC)c(F)c3F)C(=O)O2)CC1. The van der Waals surface area contributed by atoms with Crippen LogP contribution in [0.5, 0.6) is 5.75 Å². The minimum atomic E-state index is -1.03. The average Bonchev–Trinajstić information content (AvgIpc) is 2.67. The van der Waals surface area contributed by atoms with Gasteiger partial charge in [0.05, 0.1) is 12.5 Å². The number of hydrogen-bond acceptors (Lipinski definition) is 3. The summed E-state index contributed by atoms with van der Waals surface area (Å²) in [6.07, 6.45) is 8.24. The molecular formula is C22H30F2O3. The molecule has 27 heavy (non-hydrogen) atoms. The lowest BCUT2D eigenvalue weighted by molar-refractivity contribution is -0.160. The first-order valence-corrected chi connectivity index (χ1v) is 10.4. The largest absolute Gasteiger partial charge is 0.491 e. The summed E-state index contributed by atoms with van der Waals surface area (Å²) in [5, 5.41) is 0. The van der Waals surface area contributed by atoms with Crippen LogP contribution >= 0.6 is 0 Å². The molecule has 1 heterocycles. The molecule has 0 amide bonds. The highest BCUT2D eigenvalue weighted by Gasteiger charge is 2.38. The maximum absolute atomic E-state index is 14.4. The molecule has 0 aromatic heterocycles. The molecule has 0 spiro atoms. The Morgan fingerprint density at radius 1 is 1.04 bits per heavy atom. The minimum absolute atomic E-state index is 0.0751. The van der Waals surface area contributed by atoms with Crippen molar-refractivity contribution < 1.29 is 23.0 Å². The van der Waals surface area contributed by atoms with Crippen molar-refractivity contribution in [2.45, 2.75) is 77.2 Å². The number of rotatable bonds is 6. The number of esters is 1. The summed E-state index contributed by atoms with van der Waals surface area (Å²) in [5.41, 5.74) is 0.0751. The summed E-state index contributed by atoms with van der Waals surface area (Å²) in [6.45, 7) is 4.18. The van der Waals surface area contributed by atoms with Gasteiger partial charge >= 0.3 is 5.97 Å². The van der Waals surface area contributed by atoms with Gasteiger partial charge in [-0.1, -0.05) is 38.7 Å². The summed E-state index contributed by atoms with van der Waals surface area (Å²) >= 11 is 0. The standard InChI is InChI=1S/C22H30F2O3/c1-3-5-14-6-8-15(9-7-14)18-12-11-17(22(25)27-18)16-10-13-19(26-4-2)21(24)20(16)23/h10,13-15,17-18H,3-9,11-12H2,1-2H3/t14?,15?,17-,18-/m0/s1. The van der Waals surface area contributed by atoms with Crippen LogP contribution in [0, 0.1) is 23.5 Å². The Labute approximate surface area is 160 Å². The molecule has 1 aliphatic carbocycles. The molecule has 2 aliphatic rings. The van der Waals surface area contributed by atoms with Gasteiger partial charge in [0.2, 0.25) is 5.82 Å². The second-order valence-corrected chi connectivity index (χ2v) is 7.89. The van der Waals surface area contributed by atoms with E-state index >= 15 is 0 Å². The van der Waals surface area contributed by atoms with Crippen molar-refractivity contribution >= 4 is 5.97 Å². The molecule has 3 rings (SSSR count). The van der Waals surface area contributed by atoms with Gasteiger partial charge in [-0.3, -0.25) is 4.79 Å². The number of benzene rings is 1. The van der Waals surface area contributed by atoms with E-state index in [-0.39, 0.29) is 24.0 Å². The molecule has 3 nitrogen and oxygen atoms in total. The predicted octanol–water partition coefficient (Wildman–Crippen LogP) is 5.76. The number of hydrogen-bond donors (Lipinski definition) is 0. The van der Waals surface area contributed by atoms with Crippen molar-refractivity contribution in [2.24, 2.45) is 11.8 Å². The molecule has 150 valence electrons. The predicted molar refractivity (Wildman–Crippen MR) is 99.7 cm³/mol. The lowest BCUT2D eigenvalue weighted by Crippen LogP contribution is -2.36. The van der Waals surface area contributed by atoms with Crippen LogP contribution in [0.3, 0.4) is 0 Å². The highest BCUT2D eigenvalue weighted by molar-refractivity contribution is 5.79. The molecule has 2 fully saturated rings. The van der Waals surface area contributed by atoms with E-state index in [9.17, 15) is 13.6 Å². The Kier molecular flexibility index (Phi) is 6.72. The molecule has 0 radical (unpaired) electrons. The minimum Gasteiger partial charge on any atom is -0.491 e. The van der Waals surface area contributed by atoms with Gasteiger partial charge in [0.1, 0.15) is 6.10 Å². The maximum Gasteiger partial charge on any atom is 0.313 e. The van der Waals surface area contributed by atoms with Gasteiger partial charge in [-0.25, -0.2) is 4.39 Å². The zero-order chi connectivity index (χ0) is 19.4. The maximum atomic E-state index is 14.4. The van der Waals surface area contributed by atoms with Crippen molar-refractivity contribution in [3.8, 4) is 5.75 Å². The number of carbonyl (C=O) groups is 1. The summed E-state index contributed by atoms with van der Waals surface area (Å²) in [7, 11) is 0. The fourth-order valence-corrected chi connectivity index (χ4v) is 4.69. The normalized spacial score (nSPS) is 28.7. The second kappa shape index (κ2) is 9.03. The van der Waals surface area contributed by atoms with Crippen molar-refractivity contribution in [1.29, 1.82) is 0 Å². The molecule has 1 aromatic carbocycles. The topological polar surface area (TPSA) is 35.5 Å². The molecule has 0 bridgehead atoms. The molecule has 1 aliphatic heterocycles. The monoisotopic (exact) mass is 380 g/mol. The number of halogens is 2. The van der Waals surface area contributed by atoms with Crippen LogP contribution in [0.25, 0.3) is 0 Å². The molecular weight excluding hydrogens is 350 g/mol. The Morgan fingerprint density at radius 3 is 2.41 bits per heavy atom. The van der Waals surface area contributed by atoms with Gasteiger partial charge in [-0.15, -0.1) is 0 Å². The van der Waals surface area contributed by atoms with E-state index in [0.29, 0.717) is 18.8 Å². The Hall–Kier alpha value is -1.65. The van der Waals surface area contributed by atoms with Crippen molar-refractivity contribution in [3.63, 3.8) is 0 Å². The van der Waals surface area contributed by atoms with Gasteiger partial charge in [0.25, 0.3) is 0 Å². The highest BCUT2D eigenvalue weighted by Crippen LogP contribution is 2.40. The van der Waals surface area contributed by atoms with Crippen LogP contribution in [0.15, 0.2) is 12.1 Å². The lowest BCUT2D eigenvalue weighted by Gasteiger charge is -2.37. The quantitative estimate of drug-likeness (QED) is 0.589. The van der Waals surface area contributed by atoms with E-state index in [4.69, 9.17) is 9.47 Å². The molecule has 1 saturated heterocycles. The smallest absolute Gasteiger partial charge is 0.313 e. The lowest BCUT2D eigenvalue weighted by atomic mass is 9.75. The molecule has 2 atom stereocenters. The first-order valence-electron chi connectivity index (χ1n) is 10.4. The van der Waals surface area contributed by atoms with E-state index < -0.39 is 23.5 Å². The van der Waals surface area contributed by atoms with Crippen LogP contribution in [0.1, 0.15) is 76.7 Å². The Morgan fingerprint density at radius 2 is 1.78 bits per heavy atom. The summed E-state index contributed by atoms with van der Waals surface area (Å²) in [6, 6.07) is 2.84. The fourth-order valence-electron chi connectivity index (χ4n) is 4.69. The second-order valence-electron chi connectivity index (χ2n) is 7.89. The third-order valence-corrected chi connectivity index (χ3v) is 6.16. The van der Waals surface area contributed by atoms with Crippen molar-refractivity contribution in [1.82, 2.24) is 0 Å². The fraction of sp³-hybridized carbons (Fsp3) is 0.682. The molecule has 1 saturated carbocycles. The third-order valence-electron chi connectivity index (χ3n) is 6.16. The number of carbonyl (C=O) groups excluding carboxylic acids is 1. The molecule has 1 aromatic rings. The number of cyclic esters (lactones) is 1. The van der Waals surface area contributed by atoms with Crippen LogP contribution < -0.4 is 4.74 Å². The average molecular weight is 380 g/mol. The summed E-state index contributed by atoms with van der Waals surface area (Å²) in [4.78, 5) is 12.5. The summed E-state index contributed by atoms with van der Waals surface area (Å²) in [5.74, 6) is -2.10. The van der Waals surface area contributed by atoms with Gasteiger partial charge < -0.3 is 9.47 Å². The van der Waals surface area contributed by atoms with E-state index in [1.54, 1.807) is 6.92 Å². The summed E-state index contributed by atoms with van der Waals surface area (Å²) < 4.78 is 39.4. The van der Waals surface area contributed by atoms with Gasteiger partial charge in [0.15, 0.2) is 11.6 Å². The van der Waals surface area contributed by atoms with E-state index in [1.807, 2.05) is 0 Å². The van der Waals surface area contributed by atoms with Gasteiger partial charge in [-0.05, 0) is 50.5 Å². The van der Waals surface area contributed by atoms with Crippen LogP contribution in [-0.2, 0) is 9.53 Å². The molecule has 5 heteroatoms. The first kappa shape index (κ1) is 20.1. The van der Waals surface area contributed by atoms with E-state index in [2.05, 4.69) is 6.92 Å². The molecule has 0 N–H and O–H groups in total. The van der Waals surface area contributed by atoms with Gasteiger partial charge in [-0.2, -0.15) is 4.39 Å². The first-order chi connectivity index (χ1) is 13.0. The van der Waals surface area contributed by atoms with Crippen molar-refractivity contribution in [3.05, 3.63) is 29.3 Å². The van der Waals surface area contributed by atoms with Crippen LogP contribution in [-0.4, -0.2) is 18.7 Å². The van der Waals surface area contributed by atoms with E-state index in [0.717, 1.165) is 18.8 Å². The van der Waals surface area contributed by atoms with E-state index in [1.165, 1.54) is 37.8 Å². The number of ether oxygens (including phenoxy) is 2. The Bertz CT molecular complexity index is 653. The van der Waals surface area contributed by atoms with Crippen molar-refractivity contribution in [2.75, 3.05) is 6.61 Å². The highest BCUT2D eigenvalue weighted by atomic mass is 19.2.